The summed E-state index contributed by atoms with van der Waals surface area (Å²) in [6, 6.07) is 12.1. The molecule has 3 rings (SSSR count). The fraction of sp³-hybridized carbons (Fsp3) is 0.429. The number of hydrogen-bond donors (Lipinski definition) is 2. The molecule has 0 aromatic heterocycles. The van der Waals surface area contributed by atoms with Crippen LogP contribution in [0.1, 0.15) is 11.1 Å². The third-order valence-electron chi connectivity index (χ3n) is 4.80. The van der Waals surface area contributed by atoms with Crippen LogP contribution >= 0.6 is 0 Å². The molecule has 7 heteroatoms. The number of ether oxygens (including phenoxy) is 2. The summed E-state index contributed by atoms with van der Waals surface area (Å²) in [6.07, 6.45) is -3.66. The molecule has 152 valence electrons. The van der Waals surface area contributed by atoms with E-state index in [1.165, 1.54) is 24.3 Å². The van der Waals surface area contributed by atoms with Crippen molar-refractivity contribution < 1.29 is 28.5 Å². The molecule has 1 saturated heterocycles. The van der Waals surface area contributed by atoms with Gasteiger partial charge in [0.05, 0.1) is 25.4 Å². The van der Waals surface area contributed by atoms with Crippen molar-refractivity contribution in [2.45, 2.75) is 37.6 Å². The zero-order valence-corrected chi connectivity index (χ0v) is 15.7. The van der Waals surface area contributed by atoms with Crippen LogP contribution in [0.2, 0.25) is 0 Å². The maximum Gasteiger partial charge on any atom is 0.123 e. The molecule has 0 radical (unpaired) electrons. The minimum Gasteiger partial charge on any atom is -0.388 e. The van der Waals surface area contributed by atoms with Crippen molar-refractivity contribution in [1.29, 1.82) is 0 Å². The van der Waals surface area contributed by atoms with Gasteiger partial charge in [0.15, 0.2) is 0 Å². The first-order valence-corrected chi connectivity index (χ1v) is 9.19. The van der Waals surface area contributed by atoms with E-state index in [0.29, 0.717) is 24.2 Å². The number of likely N-dealkylation sites (N-methyl/N-ethyl adjacent to an activating group) is 1. The van der Waals surface area contributed by atoms with Crippen molar-refractivity contribution in [2.75, 3.05) is 20.1 Å². The van der Waals surface area contributed by atoms with Crippen LogP contribution in [-0.4, -0.2) is 59.7 Å². The minimum absolute atomic E-state index is 0.120. The van der Waals surface area contributed by atoms with Gasteiger partial charge in [-0.1, -0.05) is 24.3 Å². The largest absolute Gasteiger partial charge is 0.388 e. The van der Waals surface area contributed by atoms with Crippen molar-refractivity contribution >= 4 is 0 Å². The minimum atomic E-state index is -1.17. The first-order chi connectivity index (χ1) is 13.4. The zero-order valence-electron chi connectivity index (χ0n) is 15.7. The Kier molecular flexibility index (Phi) is 7.09. The van der Waals surface area contributed by atoms with Crippen LogP contribution in [-0.2, 0) is 22.7 Å². The number of likely N-dealkylation sites (tertiary alicyclic amines) is 1. The Morgan fingerprint density at radius 3 is 1.68 bits per heavy atom. The molecule has 4 atom stereocenters. The third kappa shape index (κ3) is 5.56. The van der Waals surface area contributed by atoms with Gasteiger partial charge in [0.2, 0.25) is 0 Å². The Bertz CT molecular complexity index is 712. The fourth-order valence-electron chi connectivity index (χ4n) is 3.31. The normalized spacial score (nSPS) is 26.2. The topological polar surface area (TPSA) is 62.2 Å². The van der Waals surface area contributed by atoms with Crippen LogP contribution in [0.4, 0.5) is 8.78 Å². The third-order valence-corrected chi connectivity index (χ3v) is 4.80. The number of benzene rings is 2. The summed E-state index contributed by atoms with van der Waals surface area (Å²) in [5, 5.41) is 21.1. The van der Waals surface area contributed by atoms with Crippen molar-refractivity contribution in [3.05, 3.63) is 71.3 Å². The number of rotatable bonds is 6. The van der Waals surface area contributed by atoms with Crippen molar-refractivity contribution in [3.8, 4) is 0 Å². The quantitative estimate of drug-likeness (QED) is 0.787. The molecule has 0 unspecified atom stereocenters. The Morgan fingerprint density at radius 1 is 0.857 bits per heavy atom. The van der Waals surface area contributed by atoms with Gasteiger partial charge in [-0.15, -0.1) is 0 Å². The number of aliphatic hydroxyl groups excluding tert-OH is 2. The predicted octanol–water partition coefficient (Wildman–Crippen LogP) is 2.10. The number of nitrogens with zero attached hydrogens (tertiary/aromatic N) is 1. The van der Waals surface area contributed by atoms with E-state index < -0.39 is 24.4 Å². The van der Waals surface area contributed by atoms with Gasteiger partial charge in [0.25, 0.3) is 0 Å². The molecule has 2 N–H and O–H groups in total. The number of aliphatic hydroxyl groups is 2. The Hall–Kier alpha value is -1.90. The van der Waals surface area contributed by atoms with Crippen LogP contribution in [0, 0.1) is 11.6 Å². The highest BCUT2D eigenvalue weighted by atomic mass is 19.1. The fourth-order valence-corrected chi connectivity index (χ4v) is 3.31. The molecule has 0 saturated carbocycles. The Labute approximate surface area is 163 Å². The van der Waals surface area contributed by atoms with E-state index in [0.717, 1.165) is 0 Å². The summed E-state index contributed by atoms with van der Waals surface area (Å²) in [7, 11) is 1.84. The molecule has 2 aromatic rings. The molecule has 2 aromatic carbocycles. The Morgan fingerprint density at radius 2 is 1.29 bits per heavy atom. The lowest BCUT2D eigenvalue weighted by Crippen LogP contribution is -2.45. The lowest BCUT2D eigenvalue weighted by Gasteiger charge is -2.27. The van der Waals surface area contributed by atoms with E-state index in [9.17, 15) is 19.0 Å². The molecule has 1 fully saturated rings. The second-order valence-corrected chi connectivity index (χ2v) is 7.16. The Balaban J connectivity index is 1.60. The van der Waals surface area contributed by atoms with E-state index in [4.69, 9.17) is 9.47 Å². The summed E-state index contributed by atoms with van der Waals surface area (Å²) in [6.45, 7) is 1.00. The summed E-state index contributed by atoms with van der Waals surface area (Å²) < 4.78 is 38.1. The van der Waals surface area contributed by atoms with E-state index >= 15 is 0 Å². The molecule has 28 heavy (non-hydrogen) atoms. The summed E-state index contributed by atoms with van der Waals surface area (Å²) >= 11 is 0. The van der Waals surface area contributed by atoms with Crippen LogP contribution in [0.3, 0.4) is 0 Å². The van der Waals surface area contributed by atoms with Gasteiger partial charge in [0.1, 0.15) is 23.8 Å². The van der Waals surface area contributed by atoms with Gasteiger partial charge in [0, 0.05) is 13.1 Å². The van der Waals surface area contributed by atoms with Crippen LogP contribution < -0.4 is 0 Å². The van der Waals surface area contributed by atoms with E-state index in [1.54, 1.807) is 24.3 Å². The molecule has 5 nitrogen and oxygen atoms in total. The molecule has 1 aliphatic heterocycles. The molecule has 0 bridgehead atoms. The van der Waals surface area contributed by atoms with Gasteiger partial charge < -0.3 is 24.6 Å². The van der Waals surface area contributed by atoms with Crippen LogP contribution in [0.5, 0.6) is 0 Å². The van der Waals surface area contributed by atoms with E-state index in [1.807, 2.05) is 11.9 Å². The molecular formula is C21H25F2NO4. The maximum absolute atomic E-state index is 13.3. The van der Waals surface area contributed by atoms with Crippen molar-refractivity contribution in [1.82, 2.24) is 4.90 Å². The first-order valence-electron chi connectivity index (χ1n) is 9.19. The van der Waals surface area contributed by atoms with E-state index in [2.05, 4.69) is 0 Å². The number of hydrogen-bond acceptors (Lipinski definition) is 5. The molecule has 0 spiro atoms. The zero-order chi connectivity index (χ0) is 20.1. The van der Waals surface area contributed by atoms with Gasteiger partial charge in [-0.05, 0) is 42.4 Å². The molecule has 0 amide bonds. The smallest absolute Gasteiger partial charge is 0.123 e. The molecule has 1 heterocycles. The van der Waals surface area contributed by atoms with Crippen molar-refractivity contribution in [3.63, 3.8) is 0 Å². The average molecular weight is 393 g/mol. The highest BCUT2D eigenvalue weighted by molar-refractivity contribution is 5.16. The SMILES string of the molecule is CN1C[C@H](OCc2cccc(F)c2)[C@H](O)[C@@H](O)[C@@H](OCc2cccc(F)c2)C1. The molecule has 1 aliphatic rings. The average Bonchev–Trinajstić information content (AvgIpc) is 2.76. The van der Waals surface area contributed by atoms with Gasteiger partial charge in [-0.25, -0.2) is 8.78 Å². The van der Waals surface area contributed by atoms with Crippen LogP contribution in [0.25, 0.3) is 0 Å². The van der Waals surface area contributed by atoms with Gasteiger partial charge in [-0.3, -0.25) is 0 Å². The standard InChI is InChI=1S/C21H25F2NO4/c1-24-10-18(27-12-14-4-2-6-16(22)8-14)20(25)21(26)19(11-24)28-13-15-5-3-7-17(23)9-15/h2-9,18-21,25-26H,10-13H2,1H3/t18-,19-,20-,21-/m0/s1. The van der Waals surface area contributed by atoms with Crippen molar-refractivity contribution in [2.24, 2.45) is 0 Å². The van der Waals surface area contributed by atoms with Gasteiger partial charge >= 0.3 is 0 Å². The lowest BCUT2D eigenvalue weighted by atomic mass is 10.0. The van der Waals surface area contributed by atoms with Crippen LogP contribution in [0.15, 0.2) is 48.5 Å². The first kappa shape index (κ1) is 20.8. The molecular weight excluding hydrogens is 368 g/mol. The maximum atomic E-state index is 13.3. The summed E-state index contributed by atoms with van der Waals surface area (Å²) in [4.78, 5) is 1.89. The summed E-state index contributed by atoms with van der Waals surface area (Å²) in [5.41, 5.74) is 1.29. The van der Waals surface area contributed by atoms with E-state index in [-0.39, 0.29) is 24.8 Å². The summed E-state index contributed by atoms with van der Waals surface area (Å²) in [5.74, 6) is -0.712. The monoisotopic (exact) mass is 393 g/mol. The van der Waals surface area contributed by atoms with Gasteiger partial charge in [-0.2, -0.15) is 0 Å². The number of halogens is 2. The second-order valence-electron chi connectivity index (χ2n) is 7.16. The lowest BCUT2D eigenvalue weighted by molar-refractivity contribution is -0.128. The highest BCUT2D eigenvalue weighted by Crippen LogP contribution is 2.20. The molecule has 0 aliphatic carbocycles. The second kappa shape index (κ2) is 9.54. The highest BCUT2D eigenvalue weighted by Gasteiger charge is 2.38. The predicted molar refractivity (Wildman–Crippen MR) is 99.5 cm³/mol.